The van der Waals surface area contributed by atoms with Crippen LogP contribution in [0.4, 0.5) is 0 Å². The Balaban J connectivity index is 3.10. The lowest BCUT2D eigenvalue weighted by molar-refractivity contribution is -0.134. The molecule has 0 saturated heterocycles. The Morgan fingerprint density at radius 2 is 2.06 bits per heavy atom. The Bertz CT molecular complexity index is 471. The van der Waals surface area contributed by atoms with Crippen molar-refractivity contribution in [1.29, 1.82) is 0 Å². The third-order valence-corrected chi connectivity index (χ3v) is 2.46. The zero-order valence-corrected chi connectivity index (χ0v) is 11.4. The lowest BCUT2D eigenvalue weighted by Gasteiger charge is -2.03. The number of nitrogens with zero attached hydrogens (tertiary/aromatic N) is 1. The molecule has 0 atom stereocenters. The Morgan fingerprint density at radius 3 is 2.65 bits per heavy atom. The molecule has 0 aliphatic carbocycles. The molecule has 0 aliphatic rings. The molecule has 0 bridgehead atoms. The number of esters is 2. The van der Waals surface area contributed by atoms with Gasteiger partial charge in [0, 0.05) is 15.8 Å². The quantitative estimate of drug-likeness (QED) is 0.473. The van der Waals surface area contributed by atoms with E-state index in [1.807, 2.05) is 22.6 Å². The number of ether oxygens (including phenoxy) is 2. The topological polar surface area (TPSA) is 65.5 Å². The van der Waals surface area contributed by atoms with Crippen LogP contribution >= 0.6 is 22.6 Å². The molecule has 5 nitrogen and oxygen atoms in total. The molecule has 1 heterocycles. The highest BCUT2D eigenvalue weighted by Gasteiger charge is 2.12. The van der Waals surface area contributed by atoms with Crippen molar-refractivity contribution < 1.29 is 19.1 Å². The molecule has 0 radical (unpaired) electrons. The average Bonchev–Trinajstić information content (AvgIpc) is 2.35. The second kappa shape index (κ2) is 6.33. The van der Waals surface area contributed by atoms with Crippen molar-refractivity contribution in [1.82, 2.24) is 4.98 Å². The molecular weight excluding hydrogens is 337 g/mol. The van der Waals surface area contributed by atoms with E-state index in [0.29, 0.717) is 11.3 Å². The van der Waals surface area contributed by atoms with Gasteiger partial charge in [0.25, 0.3) is 0 Å². The molecule has 90 valence electrons. The number of aromatic nitrogens is 1. The molecule has 17 heavy (non-hydrogen) atoms. The third-order valence-electron chi connectivity index (χ3n) is 1.87. The van der Waals surface area contributed by atoms with E-state index in [1.165, 1.54) is 26.4 Å². The predicted molar refractivity (Wildman–Crippen MR) is 69.3 cm³/mol. The number of rotatable bonds is 3. The van der Waals surface area contributed by atoms with Gasteiger partial charge in [0.1, 0.15) is 0 Å². The van der Waals surface area contributed by atoms with E-state index in [9.17, 15) is 9.59 Å². The van der Waals surface area contributed by atoms with E-state index in [-0.39, 0.29) is 0 Å². The van der Waals surface area contributed by atoms with Gasteiger partial charge in [-0.3, -0.25) is 4.98 Å². The Hall–Kier alpha value is -1.44. The smallest absolute Gasteiger partial charge is 0.340 e. The number of carbonyl (C=O) groups is 2. The SMILES string of the molecule is COC(=O)/C=C/c1ncc(I)cc1C(=O)OC. The van der Waals surface area contributed by atoms with E-state index in [2.05, 4.69) is 14.5 Å². The number of hydrogen-bond donors (Lipinski definition) is 0. The molecule has 0 unspecified atom stereocenters. The van der Waals surface area contributed by atoms with Crippen molar-refractivity contribution in [3.63, 3.8) is 0 Å². The van der Waals surface area contributed by atoms with Crippen molar-refractivity contribution in [2.75, 3.05) is 14.2 Å². The summed E-state index contributed by atoms with van der Waals surface area (Å²) in [5.41, 5.74) is 0.669. The maximum absolute atomic E-state index is 11.5. The van der Waals surface area contributed by atoms with E-state index in [4.69, 9.17) is 0 Å². The van der Waals surface area contributed by atoms with E-state index in [0.717, 1.165) is 3.57 Å². The van der Waals surface area contributed by atoms with E-state index < -0.39 is 11.9 Å². The molecule has 0 fully saturated rings. The molecule has 1 rings (SSSR count). The Morgan fingerprint density at radius 1 is 1.35 bits per heavy atom. The highest BCUT2D eigenvalue weighted by atomic mass is 127. The predicted octanol–water partition coefficient (Wildman–Crippen LogP) is 1.66. The van der Waals surface area contributed by atoms with Gasteiger partial charge >= 0.3 is 11.9 Å². The largest absolute Gasteiger partial charge is 0.466 e. The fourth-order valence-corrected chi connectivity index (χ4v) is 1.52. The van der Waals surface area contributed by atoms with Crippen LogP contribution in [-0.2, 0) is 14.3 Å². The standard InChI is InChI=1S/C11H10INO4/c1-16-10(14)4-3-9-8(11(15)17-2)5-7(12)6-13-9/h3-6H,1-2H3/b4-3+. The van der Waals surface area contributed by atoms with Crippen LogP contribution < -0.4 is 0 Å². The molecule has 0 spiro atoms. The monoisotopic (exact) mass is 347 g/mol. The minimum atomic E-state index is -0.513. The first-order valence-corrected chi connectivity index (χ1v) is 5.66. The molecule has 0 N–H and O–H groups in total. The first kappa shape index (κ1) is 13.6. The van der Waals surface area contributed by atoms with Crippen LogP contribution in [0.25, 0.3) is 6.08 Å². The van der Waals surface area contributed by atoms with Gasteiger partial charge in [-0.15, -0.1) is 0 Å². The Labute approximate surface area is 112 Å². The highest BCUT2D eigenvalue weighted by Crippen LogP contribution is 2.13. The number of carbonyl (C=O) groups excluding carboxylic acids is 2. The average molecular weight is 347 g/mol. The first-order valence-electron chi connectivity index (χ1n) is 4.58. The first-order chi connectivity index (χ1) is 8.08. The second-order valence-electron chi connectivity index (χ2n) is 2.93. The number of halogens is 1. The van der Waals surface area contributed by atoms with Crippen LogP contribution in [0, 0.1) is 3.57 Å². The van der Waals surface area contributed by atoms with E-state index in [1.54, 1.807) is 12.3 Å². The molecule has 1 aromatic rings. The highest BCUT2D eigenvalue weighted by molar-refractivity contribution is 14.1. The lowest BCUT2D eigenvalue weighted by atomic mass is 10.2. The molecule has 0 amide bonds. The van der Waals surface area contributed by atoms with Gasteiger partial charge in [0.2, 0.25) is 0 Å². The van der Waals surface area contributed by atoms with E-state index >= 15 is 0 Å². The van der Waals surface area contributed by atoms with Gasteiger partial charge in [0.05, 0.1) is 25.5 Å². The van der Waals surface area contributed by atoms with Gasteiger partial charge in [-0.05, 0) is 34.7 Å². The summed E-state index contributed by atoms with van der Waals surface area (Å²) in [6.07, 6.45) is 4.19. The van der Waals surface area contributed by atoms with Gasteiger partial charge in [0.15, 0.2) is 0 Å². The van der Waals surface area contributed by atoms with Gasteiger partial charge in [-0.1, -0.05) is 0 Å². The van der Waals surface area contributed by atoms with Crippen molar-refractivity contribution in [2.24, 2.45) is 0 Å². The van der Waals surface area contributed by atoms with Crippen molar-refractivity contribution >= 4 is 40.6 Å². The summed E-state index contributed by atoms with van der Waals surface area (Å²) in [6.45, 7) is 0. The fraction of sp³-hybridized carbons (Fsp3) is 0.182. The maximum Gasteiger partial charge on any atom is 0.340 e. The lowest BCUT2D eigenvalue weighted by Crippen LogP contribution is -2.06. The second-order valence-corrected chi connectivity index (χ2v) is 4.18. The van der Waals surface area contributed by atoms with Crippen molar-refractivity contribution in [3.05, 3.63) is 33.2 Å². The van der Waals surface area contributed by atoms with Crippen molar-refractivity contribution in [2.45, 2.75) is 0 Å². The van der Waals surface area contributed by atoms with Crippen molar-refractivity contribution in [3.8, 4) is 0 Å². The number of methoxy groups -OCH3 is 2. The molecule has 0 saturated carbocycles. The number of pyridine rings is 1. The molecule has 6 heteroatoms. The van der Waals surface area contributed by atoms with Gasteiger partial charge < -0.3 is 9.47 Å². The maximum atomic E-state index is 11.5. The minimum absolute atomic E-state index is 0.305. The van der Waals surface area contributed by atoms with Crippen LogP contribution in [0.3, 0.4) is 0 Å². The molecule has 0 aliphatic heterocycles. The zero-order valence-electron chi connectivity index (χ0n) is 9.27. The normalized spacial score (nSPS) is 10.3. The van der Waals surface area contributed by atoms with Gasteiger partial charge in [-0.25, -0.2) is 9.59 Å². The third kappa shape index (κ3) is 3.81. The van der Waals surface area contributed by atoms with Crippen LogP contribution in [-0.4, -0.2) is 31.1 Å². The van der Waals surface area contributed by atoms with Crippen LogP contribution in [0.1, 0.15) is 16.1 Å². The Kier molecular flexibility index (Phi) is 5.08. The molecule has 0 aromatic carbocycles. The van der Waals surface area contributed by atoms with Crippen LogP contribution in [0.2, 0.25) is 0 Å². The molecule has 1 aromatic heterocycles. The van der Waals surface area contributed by atoms with Crippen LogP contribution in [0.15, 0.2) is 18.3 Å². The summed E-state index contributed by atoms with van der Waals surface area (Å²) in [5.74, 6) is -1.01. The summed E-state index contributed by atoms with van der Waals surface area (Å²) in [5, 5.41) is 0. The van der Waals surface area contributed by atoms with Crippen LogP contribution in [0.5, 0.6) is 0 Å². The molecular formula is C11H10INO4. The summed E-state index contributed by atoms with van der Waals surface area (Å²) in [6, 6.07) is 1.64. The summed E-state index contributed by atoms with van der Waals surface area (Å²) < 4.78 is 9.89. The minimum Gasteiger partial charge on any atom is -0.466 e. The van der Waals surface area contributed by atoms with Gasteiger partial charge in [-0.2, -0.15) is 0 Å². The summed E-state index contributed by atoms with van der Waals surface area (Å²) in [4.78, 5) is 26.5. The number of hydrogen-bond acceptors (Lipinski definition) is 5. The summed E-state index contributed by atoms with van der Waals surface area (Å²) >= 11 is 2.03. The zero-order chi connectivity index (χ0) is 12.8. The summed E-state index contributed by atoms with van der Waals surface area (Å²) in [7, 11) is 2.56. The fourth-order valence-electron chi connectivity index (χ4n) is 1.07.